The van der Waals surface area contributed by atoms with Gasteiger partial charge in [0.25, 0.3) is 5.91 Å². The summed E-state index contributed by atoms with van der Waals surface area (Å²) in [5, 5.41) is 6.52. The lowest BCUT2D eigenvalue weighted by Crippen LogP contribution is -2.39. The van der Waals surface area contributed by atoms with E-state index in [2.05, 4.69) is 24.5 Å². The summed E-state index contributed by atoms with van der Waals surface area (Å²) < 4.78 is 0. The van der Waals surface area contributed by atoms with Crippen molar-refractivity contribution >= 4 is 17.4 Å². The molecule has 0 saturated carbocycles. The molecule has 1 aliphatic carbocycles. The molecule has 2 N–H and O–H groups in total. The van der Waals surface area contributed by atoms with E-state index in [1.165, 1.54) is 0 Å². The average Bonchev–Trinajstić information content (AvgIpc) is 2.68. The molecular weight excluding hydrogens is 384 g/mol. The number of Topliss-reactive ketones (excluding diaryl/α,β-unsaturated/α-hetero) is 1. The third-order valence-corrected chi connectivity index (χ3v) is 6.38. The summed E-state index contributed by atoms with van der Waals surface area (Å²) in [6, 6.07) is 15.8. The molecule has 1 atom stereocenters. The quantitative estimate of drug-likeness (QED) is 0.693. The molecule has 0 spiro atoms. The molecule has 0 saturated heterocycles. The molecule has 31 heavy (non-hydrogen) atoms. The largest absolute Gasteiger partial charge is 0.362 e. The lowest BCUT2D eigenvalue weighted by Gasteiger charge is -2.40. The maximum atomic E-state index is 13.6. The Balaban J connectivity index is 1.84. The summed E-state index contributed by atoms with van der Waals surface area (Å²) in [4.78, 5) is 27.0. The molecule has 1 aliphatic heterocycles. The molecule has 1 amide bonds. The molecule has 0 fully saturated rings. The number of para-hydroxylation sites is 1. The number of allylic oxidation sites excluding steroid dienone is 3. The van der Waals surface area contributed by atoms with E-state index < -0.39 is 0 Å². The van der Waals surface area contributed by atoms with Crippen LogP contribution >= 0.6 is 0 Å². The van der Waals surface area contributed by atoms with Gasteiger partial charge in [0.15, 0.2) is 5.78 Å². The zero-order valence-electron chi connectivity index (χ0n) is 18.9. The van der Waals surface area contributed by atoms with Crippen LogP contribution in [0.5, 0.6) is 0 Å². The van der Waals surface area contributed by atoms with Crippen molar-refractivity contribution in [1.82, 2.24) is 5.32 Å². The fourth-order valence-corrected chi connectivity index (χ4v) is 4.86. The first-order chi connectivity index (χ1) is 14.7. The minimum Gasteiger partial charge on any atom is -0.362 e. The maximum absolute atomic E-state index is 13.6. The van der Waals surface area contributed by atoms with Gasteiger partial charge in [-0.15, -0.1) is 0 Å². The highest BCUT2D eigenvalue weighted by Crippen LogP contribution is 2.47. The second-order valence-corrected chi connectivity index (χ2v) is 9.56. The molecule has 0 unspecified atom stereocenters. The lowest BCUT2D eigenvalue weighted by molar-refractivity contribution is -0.118. The number of ketones is 1. The molecule has 2 aromatic rings. The first kappa shape index (κ1) is 21.1. The Kier molecular flexibility index (Phi) is 5.34. The highest BCUT2D eigenvalue weighted by molar-refractivity contribution is 6.10. The molecule has 4 rings (SSSR count). The normalized spacial score (nSPS) is 20.3. The fourth-order valence-electron chi connectivity index (χ4n) is 4.86. The Morgan fingerprint density at radius 2 is 1.61 bits per heavy atom. The van der Waals surface area contributed by atoms with E-state index in [4.69, 9.17) is 0 Å². The standard InChI is InChI=1S/C27H30N2O2/c1-16-10-6-8-12-19(16)24-23(26(31)29-20-13-9-7-11-17(20)2)18(3)28-21-14-27(4,5)15-22(30)25(21)24/h6-13,24,28H,14-15H2,1-5H3,(H,29,31)/t24-/m0/s1. The minimum absolute atomic E-state index is 0.0968. The van der Waals surface area contributed by atoms with Gasteiger partial charge in [-0.3, -0.25) is 9.59 Å². The average molecular weight is 415 g/mol. The Morgan fingerprint density at radius 3 is 2.29 bits per heavy atom. The number of hydrogen-bond donors (Lipinski definition) is 2. The Bertz CT molecular complexity index is 1140. The third kappa shape index (κ3) is 3.95. The predicted molar refractivity (Wildman–Crippen MR) is 125 cm³/mol. The van der Waals surface area contributed by atoms with Gasteiger partial charge in [0.2, 0.25) is 0 Å². The first-order valence-electron chi connectivity index (χ1n) is 10.8. The topological polar surface area (TPSA) is 58.2 Å². The summed E-state index contributed by atoms with van der Waals surface area (Å²) >= 11 is 0. The summed E-state index contributed by atoms with van der Waals surface area (Å²) in [5.41, 5.74) is 6.90. The summed E-state index contributed by atoms with van der Waals surface area (Å²) in [5.74, 6) is -0.414. The predicted octanol–water partition coefficient (Wildman–Crippen LogP) is 5.55. The van der Waals surface area contributed by atoms with E-state index in [1.807, 2.05) is 69.3 Å². The molecule has 4 heteroatoms. The van der Waals surface area contributed by atoms with Crippen LogP contribution in [0.2, 0.25) is 0 Å². The lowest BCUT2D eigenvalue weighted by atomic mass is 9.68. The fraction of sp³-hybridized carbons (Fsp3) is 0.333. The van der Waals surface area contributed by atoms with Crippen LogP contribution in [0.4, 0.5) is 5.69 Å². The van der Waals surface area contributed by atoms with E-state index in [9.17, 15) is 9.59 Å². The van der Waals surface area contributed by atoms with Gasteiger partial charge in [-0.1, -0.05) is 56.3 Å². The van der Waals surface area contributed by atoms with Crippen LogP contribution in [0.25, 0.3) is 0 Å². The number of rotatable bonds is 3. The Labute approximate surface area is 184 Å². The molecule has 2 aromatic carbocycles. The van der Waals surface area contributed by atoms with Crippen molar-refractivity contribution in [3.8, 4) is 0 Å². The van der Waals surface area contributed by atoms with E-state index >= 15 is 0 Å². The Morgan fingerprint density at radius 1 is 0.968 bits per heavy atom. The second-order valence-electron chi connectivity index (χ2n) is 9.56. The number of dihydropyridines is 1. The molecule has 2 aliphatic rings. The molecule has 0 radical (unpaired) electrons. The molecule has 160 valence electrons. The SMILES string of the molecule is CC1=C(C(=O)Nc2ccccc2C)[C@H](c2ccccc2C)C2=C(CC(C)(C)CC2=O)N1. The van der Waals surface area contributed by atoms with Crippen LogP contribution < -0.4 is 10.6 Å². The number of amides is 1. The van der Waals surface area contributed by atoms with Gasteiger partial charge < -0.3 is 10.6 Å². The highest BCUT2D eigenvalue weighted by Gasteiger charge is 2.43. The number of benzene rings is 2. The van der Waals surface area contributed by atoms with Crippen LogP contribution in [0.15, 0.2) is 71.1 Å². The van der Waals surface area contributed by atoms with Crippen LogP contribution in [-0.4, -0.2) is 11.7 Å². The zero-order valence-corrected chi connectivity index (χ0v) is 18.9. The van der Waals surface area contributed by atoms with E-state index in [0.717, 1.165) is 45.8 Å². The van der Waals surface area contributed by atoms with Crippen molar-refractivity contribution in [3.05, 3.63) is 87.8 Å². The van der Waals surface area contributed by atoms with Gasteiger partial charge in [0.05, 0.1) is 0 Å². The van der Waals surface area contributed by atoms with Crippen molar-refractivity contribution in [2.45, 2.75) is 53.4 Å². The maximum Gasteiger partial charge on any atom is 0.254 e. The van der Waals surface area contributed by atoms with Crippen LogP contribution in [0.1, 0.15) is 56.2 Å². The number of carbonyl (C=O) groups is 2. The number of carbonyl (C=O) groups excluding carboxylic acids is 2. The van der Waals surface area contributed by atoms with Crippen molar-refractivity contribution in [3.63, 3.8) is 0 Å². The molecule has 0 bridgehead atoms. The number of anilines is 1. The monoisotopic (exact) mass is 414 g/mol. The first-order valence-corrected chi connectivity index (χ1v) is 10.8. The van der Waals surface area contributed by atoms with Gasteiger partial charge >= 0.3 is 0 Å². The van der Waals surface area contributed by atoms with E-state index in [-0.39, 0.29) is 23.0 Å². The Hall–Kier alpha value is -3.14. The molecule has 1 heterocycles. The van der Waals surface area contributed by atoms with Crippen molar-refractivity contribution in [1.29, 1.82) is 0 Å². The molecular formula is C27H30N2O2. The zero-order chi connectivity index (χ0) is 22.3. The van der Waals surface area contributed by atoms with Gasteiger partial charge in [0, 0.05) is 40.6 Å². The van der Waals surface area contributed by atoms with E-state index in [1.54, 1.807) is 0 Å². The van der Waals surface area contributed by atoms with Gasteiger partial charge in [-0.2, -0.15) is 0 Å². The number of nitrogens with one attached hydrogen (secondary N) is 2. The van der Waals surface area contributed by atoms with E-state index in [0.29, 0.717) is 12.0 Å². The van der Waals surface area contributed by atoms with Gasteiger partial charge in [0.1, 0.15) is 0 Å². The number of hydrogen-bond acceptors (Lipinski definition) is 3. The number of aryl methyl sites for hydroxylation is 2. The highest BCUT2D eigenvalue weighted by atomic mass is 16.2. The smallest absolute Gasteiger partial charge is 0.254 e. The van der Waals surface area contributed by atoms with Crippen molar-refractivity contribution in [2.24, 2.45) is 5.41 Å². The van der Waals surface area contributed by atoms with Crippen molar-refractivity contribution < 1.29 is 9.59 Å². The van der Waals surface area contributed by atoms with Crippen LogP contribution in [0, 0.1) is 19.3 Å². The summed E-state index contributed by atoms with van der Waals surface area (Å²) in [6.07, 6.45) is 1.28. The van der Waals surface area contributed by atoms with Crippen LogP contribution in [-0.2, 0) is 9.59 Å². The molecule has 0 aromatic heterocycles. The van der Waals surface area contributed by atoms with Crippen LogP contribution in [0.3, 0.4) is 0 Å². The van der Waals surface area contributed by atoms with Gasteiger partial charge in [-0.25, -0.2) is 0 Å². The molecule has 4 nitrogen and oxygen atoms in total. The van der Waals surface area contributed by atoms with Crippen molar-refractivity contribution in [2.75, 3.05) is 5.32 Å². The van der Waals surface area contributed by atoms with Gasteiger partial charge in [-0.05, 0) is 55.4 Å². The second kappa shape index (κ2) is 7.84. The third-order valence-electron chi connectivity index (χ3n) is 6.38. The summed E-state index contributed by atoms with van der Waals surface area (Å²) in [6.45, 7) is 10.2. The summed E-state index contributed by atoms with van der Waals surface area (Å²) in [7, 11) is 0. The minimum atomic E-state index is -0.370.